The Labute approximate surface area is 95.2 Å². The lowest BCUT2D eigenvalue weighted by atomic mass is 10.1. The van der Waals surface area contributed by atoms with Gasteiger partial charge >= 0.3 is 0 Å². The number of fused-ring (bicyclic) bond motifs is 2. The number of hydrogen-bond donors (Lipinski definition) is 1. The van der Waals surface area contributed by atoms with E-state index in [0.29, 0.717) is 6.04 Å². The van der Waals surface area contributed by atoms with E-state index < -0.39 is 0 Å². The fourth-order valence-electron chi connectivity index (χ4n) is 2.76. The van der Waals surface area contributed by atoms with Gasteiger partial charge in [-0.15, -0.1) is 0 Å². The lowest BCUT2D eigenvalue weighted by Crippen LogP contribution is -2.35. The monoisotopic (exact) mass is 222 g/mol. The number of hydrogen-bond acceptors (Lipinski definition) is 5. The fourth-order valence-corrected chi connectivity index (χ4v) is 2.76. The second kappa shape index (κ2) is 4.14. The summed E-state index contributed by atoms with van der Waals surface area (Å²) in [5.74, 6) is 0. The van der Waals surface area contributed by atoms with Gasteiger partial charge < -0.3 is 5.32 Å². The lowest BCUT2D eigenvalue weighted by Gasteiger charge is -2.22. The van der Waals surface area contributed by atoms with E-state index in [-0.39, 0.29) is 0 Å². The summed E-state index contributed by atoms with van der Waals surface area (Å²) in [6.45, 7) is 5.11. The highest BCUT2D eigenvalue weighted by Crippen LogP contribution is 2.21. The summed E-state index contributed by atoms with van der Waals surface area (Å²) < 4.78 is 4.74. The minimum atomic E-state index is 0.674. The van der Waals surface area contributed by atoms with Crippen LogP contribution in [-0.2, 0) is 6.54 Å². The molecule has 5 heteroatoms. The van der Waals surface area contributed by atoms with Crippen molar-refractivity contribution < 1.29 is 4.63 Å². The first-order chi connectivity index (χ1) is 7.81. The molecule has 16 heavy (non-hydrogen) atoms. The predicted octanol–water partition coefficient (Wildman–Crippen LogP) is 0.704. The molecule has 5 nitrogen and oxygen atoms in total. The maximum Gasteiger partial charge on any atom is 0.122 e. The number of nitrogens with one attached hydrogen (secondary N) is 1. The first kappa shape index (κ1) is 10.2. The van der Waals surface area contributed by atoms with Gasteiger partial charge in [0, 0.05) is 31.7 Å². The van der Waals surface area contributed by atoms with Crippen molar-refractivity contribution in [1.82, 2.24) is 20.5 Å². The Bertz CT molecular complexity index is 365. The van der Waals surface area contributed by atoms with Gasteiger partial charge in [-0.2, -0.15) is 0 Å². The average molecular weight is 222 g/mol. The Morgan fingerprint density at radius 1 is 1.31 bits per heavy atom. The summed E-state index contributed by atoms with van der Waals surface area (Å²) in [5.41, 5.74) is 1.90. The Morgan fingerprint density at radius 3 is 3.00 bits per heavy atom. The van der Waals surface area contributed by atoms with Crippen molar-refractivity contribution in [2.24, 2.45) is 0 Å². The van der Waals surface area contributed by atoms with Gasteiger partial charge in [-0.25, -0.2) is 4.63 Å². The van der Waals surface area contributed by atoms with Crippen LogP contribution in [0, 0.1) is 6.92 Å². The Morgan fingerprint density at radius 2 is 2.19 bits per heavy atom. The number of likely N-dealkylation sites (tertiary alicyclic amines) is 1. The minimum absolute atomic E-state index is 0.674. The predicted molar refractivity (Wildman–Crippen MR) is 58.9 cm³/mol. The summed E-state index contributed by atoms with van der Waals surface area (Å²) in [4.78, 5) is 2.46. The van der Waals surface area contributed by atoms with Crippen molar-refractivity contribution in [3.8, 4) is 0 Å². The normalized spacial score (nSPS) is 30.6. The Kier molecular flexibility index (Phi) is 2.65. The fraction of sp³-hybridized carbons (Fsp3) is 0.818. The number of aromatic nitrogens is 2. The number of aryl methyl sites for hydroxylation is 1. The third kappa shape index (κ3) is 1.97. The zero-order valence-corrected chi connectivity index (χ0v) is 9.65. The molecule has 0 amide bonds. The number of rotatable bonds is 2. The first-order valence-electron chi connectivity index (χ1n) is 6.07. The van der Waals surface area contributed by atoms with Gasteiger partial charge in [0.05, 0.1) is 0 Å². The topological polar surface area (TPSA) is 54.2 Å². The SMILES string of the molecule is Cc1nonc1CN1CCC2CCC(C1)N2. The molecule has 1 N–H and O–H groups in total. The van der Waals surface area contributed by atoms with Crippen LogP contribution in [0.4, 0.5) is 0 Å². The average Bonchev–Trinajstić information content (AvgIpc) is 2.78. The van der Waals surface area contributed by atoms with E-state index >= 15 is 0 Å². The molecule has 2 aliphatic heterocycles. The van der Waals surface area contributed by atoms with E-state index in [1.54, 1.807) is 0 Å². The summed E-state index contributed by atoms with van der Waals surface area (Å²) >= 11 is 0. The molecule has 2 bridgehead atoms. The summed E-state index contributed by atoms with van der Waals surface area (Å²) in [7, 11) is 0. The molecule has 2 atom stereocenters. The molecule has 88 valence electrons. The van der Waals surface area contributed by atoms with Gasteiger partial charge in [-0.3, -0.25) is 4.90 Å². The van der Waals surface area contributed by atoms with Crippen molar-refractivity contribution in [1.29, 1.82) is 0 Å². The quantitative estimate of drug-likeness (QED) is 0.798. The van der Waals surface area contributed by atoms with Gasteiger partial charge in [0.1, 0.15) is 11.4 Å². The molecule has 2 saturated heterocycles. The molecule has 0 aliphatic carbocycles. The molecule has 2 fully saturated rings. The Balaban J connectivity index is 1.65. The van der Waals surface area contributed by atoms with Gasteiger partial charge in [0.2, 0.25) is 0 Å². The molecule has 2 unspecified atom stereocenters. The summed E-state index contributed by atoms with van der Waals surface area (Å²) in [6.07, 6.45) is 3.92. The molecule has 3 heterocycles. The van der Waals surface area contributed by atoms with E-state index in [1.165, 1.54) is 19.3 Å². The molecular weight excluding hydrogens is 204 g/mol. The van der Waals surface area contributed by atoms with Crippen LogP contribution in [-0.4, -0.2) is 40.4 Å². The molecule has 1 aromatic heterocycles. The van der Waals surface area contributed by atoms with Gasteiger partial charge in [0.25, 0.3) is 0 Å². The van der Waals surface area contributed by atoms with Crippen molar-refractivity contribution in [2.75, 3.05) is 13.1 Å². The molecule has 1 aromatic rings. The maximum absolute atomic E-state index is 4.74. The third-order valence-corrected chi connectivity index (χ3v) is 3.73. The van der Waals surface area contributed by atoms with Crippen LogP contribution in [0.25, 0.3) is 0 Å². The van der Waals surface area contributed by atoms with E-state index in [4.69, 9.17) is 4.63 Å². The second-order valence-electron chi connectivity index (χ2n) is 4.96. The number of nitrogens with zero attached hydrogens (tertiary/aromatic N) is 3. The van der Waals surface area contributed by atoms with E-state index in [1.807, 2.05) is 6.92 Å². The second-order valence-corrected chi connectivity index (χ2v) is 4.96. The van der Waals surface area contributed by atoms with Crippen molar-refractivity contribution in [2.45, 2.75) is 44.8 Å². The van der Waals surface area contributed by atoms with Gasteiger partial charge in [-0.05, 0) is 26.2 Å². The zero-order valence-electron chi connectivity index (χ0n) is 9.65. The van der Waals surface area contributed by atoms with E-state index in [0.717, 1.165) is 37.1 Å². The first-order valence-corrected chi connectivity index (χ1v) is 6.07. The smallest absolute Gasteiger partial charge is 0.122 e. The van der Waals surface area contributed by atoms with Crippen LogP contribution in [0.15, 0.2) is 4.63 Å². The van der Waals surface area contributed by atoms with Crippen LogP contribution >= 0.6 is 0 Å². The highest BCUT2D eigenvalue weighted by Gasteiger charge is 2.29. The highest BCUT2D eigenvalue weighted by molar-refractivity contribution is 5.05. The standard InChI is InChI=1S/C11H18N4O/c1-8-11(14-16-13-8)7-15-5-4-9-2-3-10(6-15)12-9/h9-10,12H,2-7H2,1H3. The molecule has 0 spiro atoms. The summed E-state index contributed by atoms with van der Waals surface area (Å²) in [5, 5.41) is 11.5. The van der Waals surface area contributed by atoms with Crippen LogP contribution in [0.5, 0.6) is 0 Å². The largest absolute Gasteiger partial charge is 0.310 e. The molecule has 2 aliphatic rings. The molecule has 0 radical (unpaired) electrons. The van der Waals surface area contributed by atoms with Crippen LogP contribution in [0.3, 0.4) is 0 Å². The van der Waals surface area contributed by atoms with Crippen molar-refractivity contribution >= 4 is 0 Å². The van der Waals surface area contributed by atoms with E-state index in [2.05, 4.69) is 20.5 Å². The molecular formula is C11H18N4O. The van der Waals surface area contributed by atoms with Crippen molar-refractivity contribution in [3.05, 3.63) is 11.4 Å². The minimum Gasteiger partial charge on any atom is -0.310 e. The highest BCUT2D eigenvalue weighted by atomic mass is 16.6. The van der Waals surface area contributed by atoms with Crippen LogP contribution in [0.1, 0.15) is 30.7 Å². The molecule has 0 saturated carbocycles. The van der Waals surface area contributed by atoms with Gasteiger partial charge in [0.15, 0.2) is 0 Å². The van der Waals surface area contributed by atoms with Crippen LogP contribution < -0.4 is 5.32 Å². The third-order valence-electron chi connectivity index (χ3n) is 3.73. The van der Waals surface area contributed by atoms with Crippen molar-refractivity contribution in [3.63, 3.8) is 0 Å². The lowest BCUT2D eigenvalue weighted by molar-refractivity contribution is 0.238. The molecule has 3 rings (SSSR count). The van der Waals surface area contributed by atoms with E-state index in [9.17, 15) is 0 Å². The zero-order chi connectivity index (χ0) is 11.0. The van der Waals surface area contributed by atoms with Gasteiger partial charge in [-0.1, -0.05) is 10.3 Å². The van der Waals surface area contributed by atoms with Crippen LogP contribution in [0.2, 0.25) is 0 Å². The summed E-state index contributed by atoms with van der Waals surface area (Å²) in [6, 6.07) is 1.42. The Hall–Kier alpha value is -0.940. The maximum atomic E-state index is 4.74. The molecule has 0 aromatic carbocycles.